The van der Waals surface area contributed by atoms with Crippen LogP contribution in [-0.2, 0) is 9.53 Å². The topological polar surface area (TPSA) is 70.8 Å². The van der Waals surface area contributed by atoms with Crippen LogP contribution in [0.3, 0.4) is 0 Å². The van der Waals surface area contributed by atoms with E-state index in [1.165, 1.54) is 12.1 Å². The van der Waals surface area contributed by atoms with Gasteiger partial charge in [0.15, 0.2) is 0 Å². The van der Waals surface area contributed by atoms with E-state index >= 15 is 0 Å². The van der Waals surface area contributed by atoms with Gasteiger partial charge in [0.05, 0.1) is 6.61 Å². The maximum Gasteiger partial charge on any atom is 0.573 e. The summed E-state index contributed by atoms with van der Waals surface area (Å²) in [7, 11) is 0. The number of ether oxygens (including phenoxy) is 3. The molecule has 2 aliphatic rings. The first kappa shape index (κ1) is 16.9. The largest absolute Gasteiger partial charge is 0.573 e. The Kier molecular flexibility index (Phi) is 4.11. The van der Waals surface area contributed by atoms with Gasteiger partial charge in [-0.2, -0.15) is 0 Å². The number of fused-ring (bicyclic) bond motifs is 1. The third-order valence-electron chi connectivity index (χ3n) is 4.44. The molecule has 24 heavy (non-hydrogen) atoms. The highest BCUT2D eigenvalue weighted by Gasteiger charge is 2.59. The maximum absolute atomic E-state index is 12.4. The van der Waals surface area contributed by atoms with Crippen LogP contribution in [-0.4, -0.2) is 25.0 Å². The molecule has 0 bridgehead atoms. The highest BCUT2D eigenvalue weighted by molar-refractivity contribution is 5.81. The monoisotopic (exact) mass is 345 g/mol. The third kappa shape index (κ3) is 3.15. The molecular formula is C16H18F3NO4. The average molecular weight is 345 g/mol. The van der Waals surface area contributed by atoms with E-state index in [9.17, 15) is 18.0 Å². The van der Waals surface area contributed by atoms with Crippen molar-refractivity contribution in [2.45, 2.75) is 44.7 Å². The molecule has 1 aromatic carbocycles. The van der Waals surface area contributed by atoms with Crippen LogP contribution in [0.1, 0.15) is 37.8 Å². The molecule has 2 atom stereocenters. The lowest BCUT2D eigenvalue weighted by Gasteiger charge is -2.34. The number of esters is 1. The molecule has 3 rings (SSSR count). The number of carbonyl (C=O) groups is 1. The predicted octanol–water partition coefficient (Wildman–Crippen LogP) is 3.08. The number of nitrogens with two attached hydrogens (primary N) is 1. The molecule has 1 saturated carbocycles. The number of rotatable bonds is 4. The normalized spacial score (nSPS) is 24.5. The Morgan fingerprint density at radius 3 is 2.71 bits per heavy atom. The van der Waals surface area contributed by atoms with E-state index in [2.05, 4.69) is 4.74 Å². The highest BCUT2D eigenvalue weighted by Crippen LogP contribution is 2.55. The lowest BCUT2D eigenvalue weighted by Crippen LogP contribution is -2.41. The van der Waals surface area contributed by atoms with E-state index in [1.54, 1.807) is 6.92 Å². The fraction of sp³-hybridized carbons (Fsp3) is 0.562. The van der Waals surface area contributed by atoms with Crippen molar-refractivity contribution in [2.24, 2.45) is 11.1 Å². The fourth-order valence-corrected chi connectivity index (χ4v) is 3.08. The molecule has 1 heterocycles. The smallest absolute Gasteiger partial charge is 0.489 e. The van der Waals surface area contributed by atoms with Crippen LogP contribution in [0.2, 0.25) is 0 Å². The van der Waals surface area contributed by atoms with Crippen LogP contribution in [0, 0.1) is 5.41 Å². The van der Waals surface area contributed by atoms with Crippen LogP contribution >= 0.6 is 0 Å². The number of halogens is 3. The van der Waals surface area contributed by atoms with Crippen LogP contribution in [0.15, 0.2) is 18.2 Å². The molecule has 1 fully saturated rings. The van der Waals surface area contributed by atoms with Crippen molar-refractivity contribution < 1.29 is 32.2 Å². The number of benzene rings is 1. The SMILES string of the molecule is CCOC(=O)C1([C@H]2C[C@@H](N)c3ccc(OC(F)(F)F)cc3O2)CC1. The van der Waals surface area contributed by atoms with E-state index < -0.39 is 23.9 Å². The van der Waals surface area contributed by atoms with E-state index in [4.69, 9.17) is 15.2 Å². The molecule has 2 N–H and O–H groups in total. The summed E-state index contributed by atoms with van der Waals surface area (Å²) < 4.78 is 51.9. The summed E-state index contributed by atoms with van der Waals surface area (Å²) >= 11 is 0. The Balaban J connectivity index is 1.83. The molecule has 0 saturated heterocycles. The van der Waals surface area contributed by atoms with Gasteiger partial charge in [-0.3, -0.25) is 4.79 Å². The highest BCUT2D eigenvalue weighted by atomic mass is 19.4. The molecule has 0 radical (unpaired) electrons. The second-order valence-electron chi connectivity index (χ2n) is 6.07. The first-order valence-corrected chi connectivity index (χ1v) is 7.74. The quantitative estimate of drug-likeness (QED) is 0.849. The van der Waals surface area contributed by atoms with E-state index in [-0.39, 0.29) is 24.1 Å². The first-order chi connectivity index (χ1) is 11.2. The van der Waals surface area contributed by atoms with Crippen molar-refractivity contribution in [1.82, 2.24) is 0 Å². The summed E-state index contributed by atoms with van der Waals surface area (Å²) in [6.07, 6.45) is -3.65. The Hall–Kier alpha value is -1.96. The zero-order valence-corrected chi connectivity index (χ0v) is 13.1. The van der Waals surface area contributed by atoms with Crippen molar-refractivity contribution in [1.29, 1.82) is 0 Å². The van der Waals surface area contributed by atoms with Crippen LogP contribution < -0.4 is 15.2 Å². The van der Waals surface area contributed by atoms with Gasteiger partial charge in [0.1, 0.15) is 23.0 Å². The predicted molar refractivity (Wildman–Crippen MR) is 77.4 cm³/mol. The first-order valence-electron chi connectivity index (χ1n) is 7.74. The summed E-state index contributed by atoms with van der Waals surface area (Å²) in [6.45, 7) is 1.98. The van der Waals surface area contributed by atoms with Gasteiger partial charge in [0, 0.05) is 24.1 Å². The maximum atomic E-state index is 12.4. The van der Waals surface area contributed by atoms with Gasteiger partial charge in [0.2, 0.25) is 0 Å². The third-order valence-corrected chi connectivity index (χ3v) is 4.44. The Labute approximate surface area is 136 Å². The molecule has 0 unspecified atom stereocenters. The lowest BCUT2D eigenvalue weighted by atomic mass is 9.88. The van der Waals surface area contributed by atoms with E-state index in [0.29, 0.717) is 24.8 Å². The van der Waals surface area contributed by atoms with Gasteiger partial charge < -0.3 is 19.9 Å². The van der Waals surface area contributed by atoms with Gasteiger partial charge in [0.25, 0.3) is 0 Å². The minimum atomic E-state index is -4.78. The Morgan fingerprint density at radius 1 is 1.42 bits per heavy atom. The zero-order chi connectivity index (χ0) is 17.5. The minimum Gasteiger partial charge on any atom is -0.489 e. The Morgan fingerprint density at radius 2 is 2.12 bits per heavy atom. The van der Waals surface area contributed by atoms with Crippen molar-refractivity contribution in [3.05, 3.63) is 23.8 Å². The molecular weight excluding hydrogens is 327 g/mol. The molecule has 5 nitrogen and oxygen atoms in total. The summed E-state index contributed by atoms with van der Waals surface area (Å²) in [4.78, 5) is 12.2. The zero-order valence-electron chi connectivity index (χ0n) is 13.1. The second kappa shape index (κ2) is 5.84. The van der Waals surface area contributed by atoms with Crippen LogP contribution in [0.4, 0.5) is 13.2 Å². The number of hydrogen-bond acceptors (Lipinski definition) is 5. The molecule has 132 valence electrons. The van der Waals surface area contributed by atoms with Crippen molar-refractivity contribution >= 4 is 5.97 Å². The molecule has 1 aliphatic heterocycles. The van der Waals surface area contributed by atoms with Gasteiger partial charge >= 0.3 is 12.3 Å². The molecule has 0 amide bonds. The van der Waals surface area contributed by atoms with Crippen molar-refractivity contribution in [3.63, 3.8) is 0 Å². The van der Waals surface area contributed by atoms with E-state index in [0.717, 1.165) is 6.07 Å². The summed E-state index contributed by atoms with van der Waals surface area (Å²) in [5, 5.41) is 0. The van der Waals surface area contributed by atoms with E-state index in [1.807, 2.05) is 0 Å². The van der Waals surface area contributed by atoms with Crippen molar-refractivity contribution in [2.75, 3.05) is 6.61 Å². The molecule has 1 aromatic rings. The molecule has 8 heteroatoms. The number of hydrogen-bond donors (Lipinski definition) is 1. The van der Waals surface area contributed by atoms with Crippen molar-refractivity contribution in [3.8, 4) is 11.5 Å². The van der Waals surface area contributed by atoms with Gasteiger partial charge in [-0.05, 0) is 25.8 Å². The van der Waals surface area contributed by atoms with Crippen LogP contribution in [0.5, 0.6) is 11.5 Å². The van der Waals surface area contributed by atoms with Gasteiger partial charge in [-0.15, -0.1) is 13.2 Å². The minimum absolute atomic E-state index is 0.219. The lowest BCUT2D eigenvalue weighted by molar-refractivity contribution is -0.274. The van der Waals surface area contributed by atoms with Gasteiger partial charge in [-0.1, -0.05) is 6.07 Å². The van der Waals surface area contributed by atoms with Crippen LogP contribution in [0.25, 0.3) is 0 Å². The number of carbonyl (C=O) groups excluding carboxylic acids is 1. The summed E-state index contributed by atoms with van der Waals surface area (Å²) in [6, 6.07) is 3.40. The number of alkyl halides is 3. The molecule has 0 spiro atoms. The molecule has 0 aromatic heterocycles. The summed E-state index contributed by atoms with van der Waals surface area (Å²) in [5.74, 6) is -0.500. The Bertz CT molecular complexity index is 643. The average Bonchev–Trinajstić information content (AvgIpc) is 3.27. The second-order valence-corrected chi connectivity index (χ2v) is 6.07. The molecule has 1 aliphatic carbocycles. The summed E-state index contributed by atoms with van der Waals surface area (Å²) in [5.41, 5.74) is 5.97. The standard InChI is InChI=1S/C16H18F3NO4/c1-2-22-14(21)15(5-6-15)13-8-11(20)10-4-3-9(7-12(10)23-13)24-16(17,18)19/h3-4,7,11,13H,2,5-6,8,20H2,1H3/t11-,13-/m1/s1. The van der Waals surface area contributed by atoms with Gasteiger partial charge in [-0.25, -0.2) is 0 Å². The fourth-order valence-electron chi connectivity index (χ4n) is 3.08.